The first-order valence-electron chi connectivity index (χ1n) is 5.23. The van der Waals surface area contributed by atoms with Crippen LogP contribution in [-0.2, 0) is 5.75 Å². The normalized spacial score (nSPS) is 9.88. The Balaban J connectivity index is 2.42. The van der Waals surface area contributed by atoms with Gasteiger partial charge in [0, 0.05) is 29.2 Å². The van der Waals surface area contributed by atoms with Crippen LogP contribution in [0, 0.1) is 11.8 Å². The molecule has 2 N–H and O–H groups in total. The largest absolute Gasteiger partial charge is 0.396 e. The summed E-state index contributed by atoms with van der Waals surface area (Å²) in [6, 6.07) is 2.02. The average Bonchev–Trinajstić information content (AvgIpc) is 2.73. The summed E-state index contributed by atoms with van der Waals surface area (Å²) in [6.07, 6.45) is 1.38. The van der Waals surface area contributed by atoms with Crippen molar-refractivity contribution in [2.24, 2.45) is 0 Å². The van der Waals surface area contributed by atoms with Crippen LogP contribution in [-0.4, -0.2) is 29.2 Å². The first-order chi connectivity index (χ1) is 7.88. The first-order valence-corrected chi connectivity index (χ1v) is 7.26. The van der Waals surface area contributed by atoms with Crippen LogP contribution in [0.15, 0.2) is 11.4 Å². The molecule has 1 aromatic heterocycles. The Hall–Kier alpha value is -0.470. The standard InChI is InChI=1S/C12H16O2S2/c13-6-2-1-4-11-5-9-16-12(11)10-15-8-3-7-14/h5,9,13-14H,2-3,6-8,10H2. The van der Waals surface area contributed by atoms with Gasteiger partial charge in [0.1, 0.15) is 0 Å². The molecule has 0 amide bonds. The van der Waals surface area contributed by atoms with E-state index in [-0.39, 0.29) is 13.2 Å². The summed E-state index contributed by atoms with van der Waals surface area (Å²) in [6.45, 7) is 0.387. The number of thioether (sulfide) groups is 1. The molecule has 0 aliphatic heterocycles. The van der Waals surface area contributed by atoms with Crippen LogP contribution in [0.25, 0.3) is 0 Å². The van der Waals surface area contributed by atoms with E-state index in [4.69, 9.17) is 10.2 Å². The molecule has 88 valence electrons. The minimum Gasteiger partial charge on any atom is -0.396 e. The smallest absolute Gasteiger partial charge is 0.0540 e. The number of aliphatic hydroxyl groups excluding tert-OH is 2. The van der Waals surface area contributed by atoms with Gasteiger partial charge in [0.05, 0.1) is 6.61 Å². The molecule has 0 unspecified atom stereocenters. The Bertz CT molecular complexity index is 349. The van der Waals surface area contributed by atoms with Crippen LogP contribution in [0.1, 0.15) is 23.3 Å². The molecule has 0 aliphatic rings. The molecule has 0 aliphatic carbocycles. The lowest BCUT2D eigenvalue weighted by Crippen LogP contribution is -1.87. The molecule has 2 nitrogen and oxygen atoms in total. The maximum absolute atomic E-state index is 8.66. The topological polar surface area (TPSA) is 40.5 Å². The highest BCUT2D eigenvalue weighted by Crippen LogP contribution is 2.22. The minimum atomic E-state index is 0.123. The fraction of sp³-hybridized carbons (Fsp3) is 0.500. The zero-order chi connectivity index (χ0) is 11.6. The van der Waals surface area contributed by atoms with Gasteiger partial charge in [-0.1, -0.05) is 11.8 Å². The molecule has 0 spiro atoms. The quantitative estimate of drug-likeness (QED) is 0.605. The summed E-state index contributed by atoms with van der Waals surface area (Å²) in [5.74, 6) is 7.95. The average molecular weight is 256 g/mol. The van der Waals surface area contributed by atoms with E-state index in [9.17, 15) is 0 Å². The van der Waals surface area contributed by atoms with E-state index in [0.717, 1.165) is 23.5 Å². The van der Waals surface area contributed by atoms with Crippen molar-refractivity contribution in [2.45, 2.75) is 18.6 Å². The SMILES string of the molecule is OCCC#Cc1ccsc1CSCCCO. The lowest BCUT2D eigenvalue weighted by molar-refractivity contribution is 0.296. The van der Waals surface area contributed by atoms with Crippen LogP contribution in [0.3, 0.4) is 0 Å². The van der Waals surface area contributed by atoms with E-state index < -0.39 is 0 Å². The molecular formula is C12H16O2S2. The Morgan fingerprint density at radius 2 is 2.19 bits per heavy atom. The summed E-state index contributed by atoms with van der Waals surface area (Å²) >= 11 is 3.54. The fourth-order valence-electron chi connectivity index (χ4n) is 1.11. The highest BCUT2D eigenvalue weighted by atomic mass is 32.2. The lowest BCUT2D eigenvalue weighted by atomic mass is 10.2. The van der Waals surface area contributed by atoms with Crippen molar-refractivity contribution in [2.75, 3.05) is 19.0 Å². The van der Waals surface area contributed by atoms with Crippen molar-refractivity contribution < 1.29 is 10.2 Å². The van der Waals surface area contributed by atoms with Gasteiger partial charge in [-0.15, -0.1) is 11.3 Å². The van der Waals surface area contributed by atoms with Crippen LogP contribution in [0.2, 0.25) is 0 Å². The van der Waals surface area contributed by atoms with Crippen molar-refractivity contribution in [1.82, 2.24) is 0 Å². The van der Waals surface area contributed by atoms with Crippen LogP contribution in [0.5, 0.6) is 0 Å². The number of hydrogen-bond acceptors (Lipinski definition) is 4. The number of thiophene rings is 1. The summed E-state index contributed by atoms with van der Waals surface area (Å²) in [5.41, 5.74) is 1.08. The van der Waals surface area contributed by atoms with Crippen molar-refractivity contribution in [1.29, 1.82) is 0 Å². The van der Waals surface area contributed by atoms with Gasteiger partial charge in [-0.05, 0) is 23.6 Å². The Morgan fingerprint density at radius 3 is 2.94 bits per heavy atom. The van der Waals surface area contributed by atoms with E-state index >= 15 is 0 Å². The lowest BCUT2D eigenvalue weighted by Gasteiger charge is -1.98. The van der Waals surface area contributed by atoms with Gasteiger partial charge in [0.25, 0.3) is 0 Å². The van der Waals surface area contributed by atoms with E-state index in [1.807, 2.05) is 23.2 Å². The molecule has 0 aromatic carbocycles. The third-order valence-corrected chi connectivity index (χ3v) is 4.06. The second-order valence-corrected chi connectivity index (χ2v) is 5.27. The maximum atomic E-state index is 8.66. The van der Waals surface area contributed by atoms with E-state index in [2.05, 4.69) is 11.8 Å². The zero-order valence-electron chi connectivity index (χ0n) is 9.11. The summed E-state index contributed by atoms with van der Waals surface area (Å²) < 4.78 is 0. The van der Waals surface area contributed by atoms with Gasteiger partial charge in [-0.2, -0.15) is 11.8 Å². The third-order valence-electron chi connectivity index (χ3n) is 1.89. The molecule has 4 heteroatoms. The molecule has 0 atom stereocenters. The molecule has 1 aromatic rings. The number of aliphatic hydroxyl groups is 2. The van der Waals surface area contributed by atoms with Crippen LogP contribution >= 0.6 is 23.1 Å². The second-order valence-electron chi connectivity index (χ2n) is 3.16. The molecule has 0 radical (unpaired) electrons. The molecular weight excluding hydrogens is 240 g/mol. The van der Waals surface area contributed by atoms with Gasteiger partial charge in [-0.25, -0.2) is 0 Å². The highest BCUT2D eigenvalue weighted by Gasteiger charge is 2.01. The van der Waals surface area contributed by atoms with Gasteiger partial charge < -0.3 is 10.2 Å². The number of rotatable bonds is 6. The van der Waals surface area contributed by atoms with Crippen molar-refractivity contribution >= 4 is 23.1 Å². The molecule has 0 saturated carbocycles. The van der Waals surface area contributed by atoms with Crippen LogP contribution in [0.4, 0.5) is 0 Å². The molecule has 1 rings (SSSR count). The van der Waals surface area contributed by atoms with Crippen molar-refractivity contribution in [3.8, 4) is 11.8 Å². The zero-order valence-corrected chi connectivity index (χ0v) is 10.7. The maximum Gasteiger partial charge on any atom is 0.0540 e. The molecule has 0 bridgehead atoms. The second kappa shape index (κ2) is 8.66. The summed E-state index contributed by atoms with van der Waals surface area (Å²) in [4.78, 5) is 1.29. The monoisotopic (exact) mass is 256 g/mol. The third kappa shape index (κ3) is 5.04. The predicted octanol–water partition coefficient (Wildman–Crippen LogP) is 2.10. The molecule has 1 heterocycles. The summed E-state index contributed by atoms with van der Waals surface area (Å²) in [7, 11) is 0. The number of hydrogen-bond donors (Lipinski definition) is 2. The fourth-order valence-corrected chi connectivity index (χ4v) is 3.06. The Kier molecular flexibility index (Phi) is 7.35. The molecule has 16 heavy (non-hydrogen) atoms. The van der Waals surface area contributed by atoms with Gasteiger partial charge in [0.15, 0.2) is 0 Å². The van der Waals surface area contributed by atoms with Crippen molar-refractivity contribution in [3.05, 3.63) is 21.9 Å². The van der Waals surface area contributed by atoms with E-state index in [1.54, 1.807) is 11.3 Å². The molecule has 0 saturated heterocycles. The summed E-state index contributed by atoms with van der Waals surface area (Å²) in [5, 5.41) is 19.3. The van der Waals surface area contributed by atoms with Gasteiger partial charge in [-0.3, -0.25) is 0 Å². The Labute approximate surface area is 105 Å². The molecule has 0 fully saturated rings. The van der Waals surface area contributed by atoms with Gasteiger partial charge >= 0.3 is 0 Å². The van der Waals surface area contributed by atoms with Gasteiger partial charge in [0.2, 0.25) is 0 Å². The Morgan fingerprint density at radius 1 is 1.31 bits per heavy atom. The predicted molar refractivity (Wildman–Crippen MR) is 70.8 cm³/mol. The highest BCUT2D eigenvalue weighted by molar-refractivity contribution is 7.98. The minimum absolute atomic E-state index is 0.123. The van der Waals surface area contributed by atoms with E-state index in [1.165, 1.54) is 4.88 Å². The van der Waals surface area contributed by atoms with Crippen molar-refractivity contribution in [3.63, 3.8) is 0 Å². The van der Waals surface area contributed by atoms with E-state index in [0.29, 0.717) is 6.42 Å². The first kappa shape index (κ1) is 13.6. The van der Waals surface area contributed by atoms with Crippen LogP contribution < -0.4 is 0 Å².